The van der Waals surface area contributed by atoms with E-state index in [0.717, 1.165) is 22.5 Å². The summed E-state index contributed by atoms with van der Waals surface area (Å²) in [5.74, 6) is -0.515. The Labute approximate surface area is 227 Å². The van der Waals surface area contributed by atoms with Crippen LogP contribution >= 0.6 is 11.3 Å². The third-order valence-corrected chi connectivity index (χ3v) is 7.80. The van der Waals surface area contributed by atoms with Crippen molar-refractivity contribution < 1.29 is 14.5 Å². The quantitative estimate of drug-likeness (QED) is 0.207. The molecule has 10 heteroatoms. The molecule has 39 heavy (non-hydrogen) atoms. The predicted molar refractivity (Wildman–Crippen MR) is 149 cm³/mol. The van der Waals surface area contributed by atoms with Crippen LogP contribution in [-0.4, -0.2) is 27.1 Å². The number of benzene rings is 2. The number of aryl methyl sites for hydroxylation is 1. The van der Waals surface area contributed by atoms with Crippen LogP contribution in [0, 0.1) is 24.0 Å². The fourth-order valence-electron chi connectivity index (χ4n) is 5.03. The van der Waals surface area contributed by atoms with Gasteiger partial charge in [-0.15, -0.1) is 0 Å². The van der Waals surface area contributed by atoms with Crippen molar-refractivity contribution in [2.24, 2.45) is 4.99 Å². The lowest BCUT2D eigenvalue weighted by Gasteiger charge is -2.25. The monoisotopic (exact) mass is 542 g/mol. The van der Waals surface area contributed by atoms with Gasteiger partial charge in [0.25, 0.3) is 11.2 Å². The molecule has 4 aromatic rings. The molecule has 2 aromatic heterocycles. The number of fused-ring (bicyclic) bond motifs is 1. The summed E-state index contributed by atoms with van der Waals surface area (Å²) in [6.07, 6.45) is 2.32. The van der Waals surface area contributed by atoms with Gasteiger partial charge in [0.2, 0.25) is 0 Å². The molecule has 0 saturated heterocycles. The molecule has 0 N–H and O–H groups in total. The standard InChI is InChI=1S/C29H26N4O5S/c1-5-23-25(28(35)38-4)26(19-10-7-6-8-11-19)32-27(34)24(39-29(32)30-23)15-20-14-17(2)31(18(20)3)21-12-9-13-22(16-21)33(36)37/h6-16,26H,5H2,1-4H3/b24-15-/t26-/m0/s1. The number of esters is 1. The van der Waals surface area contributed by atoms with Gasteiger partial charge < -0.3 is 9.30 Å². The Morgan fingerprint density at radius 1 is 1.15 bits per heavy atom. The Bertz CT molecular complexity index is 1830. The van der Waals surface area contributed by atoms with Crippen molar-refractivity contribution in [2.45, 2.75) is 33.2 Å². The molecule has 1 atom stereocenters. The van der Waals surface area contributed by atoms with Gasteiger partial charge in [-0.2, -0.15) is 0 Å². The van der Waals surface area contributed by atoms with E-state index in [9.17, 15) is 19.7 Å². The van der Waals surface area contributed by atoms with E-state index in [-0.39, 0.29) is 11.2 Å². The number of hydrogen-bond donors (Lipinski definition) is 0. The molecule has 2 aromatic carbocycles. The van der Waals surface area contributed by atoms with E-state index < -0.39 is 16.9 Å². The van der Waals surface area contributed by atoms with Crippen molar-refractivity contribution in [3.05, 3.63) is 124 Å². The lowest BCUT2D eigenvalue weighted by atomic mass is 9.95. The molecule has 198 valence electrons. The number of nitro groups is 1. The third kappa shape index (κ3) is 4.52. The predicted octanol–water partition coefficient (Wildman–Crippen LogP) is 4.11. The van der Waals surface area contributed by atoms with Gasteiger partial charge >= 0.3 is 5.97 Å². The number of non-ortho nitro benzene ring substituents is 1. The first-order valence-electron chi connectivity index (χ1n) is 12.4. The van der Waals surface area contributed by atoms with E-state index in [0.29, 0.717) is 32.7 Å². The normalized spacial score (nSPS) is 15.2. The van der Waals surface area contributed by atoms with Crippen molar-refractivity contribution in [3.8, 4) is 5.69 Å². The number of nitro benzene ring substituents is 1. The number of carbonyl (C=O) groups excluding carboxylic acids is 1. The fraction of sp³-hybridized carbons (Fsp3) is 0.207. The molecule has 5 rings (SSSR count). The number of thiazole rings is 1. The maximum absolute atomic E-state index is 13.9. The molecule has 9 nitrogen and oxygen atoms in total. The molecule has 0 amide bonds. The fourth-order valence-corrected chi connectivity index (χ4v) is 6.04. The topological polar surface area (TPSA) is 109 Å². The Morgan fingerprint density at radius 2 is 1.90 bits per heavy atom. The van der Waals surface area contributed by atoms with Gasteiger partial charge in [-0.25, -0.2) is 9.79 Å². The number of carbonyl (C=O) groups is 1. The SMILES string of the molecule is CCC1=C(C(=O)OC)[C@H](c2ccccc2)n2c(s/c(=C\c3cc(C)n(-c4cccc([N+](=O)[O-])c4)c3C)c2=O)=N1. The van der Waals surface area contributed by atoms with E-state index in [4.69, 9.17) is 9.73 Å². The van der Waals surface area contributed by atoms with Gasteiger partial charge in [0.15, 0.2) is 4.80 Å². The summed E-state index contributed by atoms with van der Waals surface area (Å²) >= 11 is 1.27. The Kier molecular flexibility index (Phi) is 6.88. The molecular weight excluding hydrogens is 516 g/mol. The van der Waals surface area contributed by atoms with E-state index >= 15 is 0 Å². The molecule has 1 aliphatic rings. The summed E-state index contributed by atoms with van der Waals surface area (Å²) in [4.78, 5) is 42.9. The van der Waals surface area contributed by atoms with Crippen LogP contribution in [-0.2, 0) is 9.53 Å². The zero-order valence-electron chi connectivity index (χ0n) is 21.9. The average Bonchev–Trinajstić information content (AvgIpc) is 3.41. The van der Waals surface area contributed by atoms with Gasteiger partial charge in [-0.05, 0) is 49.6 Å². The molecule has 0 saturated carbocycles. The minimum absolute atomic E-state index is 0.00362. The van der Waals surface area contributed by atoms with E-state index in [1.807, 2.05) is 73.9 Å². The largest absolute Gasteiger partial charge is 0.466 e. The van der Waals surface area contributed by atoms with E-state index in [1.165, 1.54) is 30.6 Å². The number of hydrogen-bond acceptors (Lipinski definition) is 7. The molecule has 0 spiro atoms. The first-order chi connectivity index (χ1) is 18.7. The highest BCUT2D eigenvalue weighted by Gasteiger charge is 2.33. The van der Waals surface area contributed by atoms with E-state index in [1.54, 1.807) is 10.6 Å². The van der Waals surface area contributed by atoms with E-state index in [2.05, 4.69) is 0 Å². The van der Waals surface area contributed by atoms with Crippen molar-refractivity contribution >= 4 is 29.1 Å². The van der Waals surface area contributed by atoms with Crippen LogP contribution in [0.4, 0.5) is 5.69 Å². The molecule has 0 unspecified atom stereocenters. The molecule has 3 heterocycles. The first kappa shape index (κ1) is 26.1. The van der Waals surface area contributed by atoms with Crippen molar-refractivity contribution in [3.63, 3.8) is 0 Å². The average molecular weight is 543 g/mol. The summed E-state index contributed by atoms with van der Waals surface area (Å²) in [6, 6.07) is 17.1. The van der Waals surface area contributed by atoms with Crippen LogP contribution in [0.2, 0.25) is 0 Å². The molecule has 0 aliphatic carbocycles. The number of rotatable bonds is 6. The highest BCUT2D eigenvalue weighted by atomic mass is 32.1. The van der Waals surface area contributed by atoms with Gasteiger partial charge in [-0.1, -0.05) is 54.7 Å². The number of nitrogens with zero attached hydrogens (tertiary/aromatic N) is 4. The number of aromatic nitrogens is 2. The molecule has 0 fully saturated rings. The van der Waals surface area contributed by atoms with Crippen LogP contribution in [0.5, 0.6) is 0 Å². The second-order valence-corrected chi connectivity index (χ2v) is 10.1. The summed E-state index contributed by atoms with van der Waals surface area (Å²) < 4.78 is 9.06. The van der Waals surface area contributed by atoms with Crippen molar-refractivity contribution in [1.29, 1.82) is 0 Å². The van der Waals surface area contributed by atoms with Crippen LogP contribution in [0.3, 0.4) is 0 Å². The summed E-state index contributed by atoms with van der Waals surface area (Å²) in [5.41, 5.74) is 4.66. The number of ether oxygens (including phenoxy) is 1. The molecular formula is C29H26N4O5S. The van der Waals surface area contributed by atoms with Crippen LogP contribution in [0.1, 0.15) is 41.9 Å². The zero-order chi connectivity index (χ0) is 27.8. The highest BCUT2D eigenvalue weighted by molar-refractivity contribution is 7.07. The third-order valence-electron chi connectivity index (χ3n) is 6.82. The van der Waals surface area contributed by atoms with Crippen LogP contribution in [0.15, 0.2) is 81.7 Å². The number of methoxy groups -OCH3 is 1. The maximum Gasteiger partial charge on any atom is 0.338 e. The van der Waals surface area contributed by atoms with Gasteiger partial charge in [-0.3, -0.25) is 19.5 Å². The van der Waals surface area contributed by atoms with Crippen molar-refractivity contribution in [2.75, 3.05) is 7.11 Å². The smallest absolute Gasteiger partial charge is 0.338 e. The van der Waals surface area contributed by atoms with Crippen LogP contribution in [0.25, 0.3) is 11.8 Å². The van der Waals surface area contributed by atoms with Gasteiger partial charge in [0, 0.05) is 23.5 Å². The Hall–Kier alpha value is -4.57. The lowest BCUT2D eigenvalue weighted by molar-refractivity contribution is -0.384. The maximum atomic E-state index is 13.9. The summed E-state index contributed by atoms with van der Waals surface area (Å²) in [7, 11) is 1.33. The second-order valence-electron chi connectivity index (χ2n) is 9.14. The minimum Gasteiger partial charge on any atom is -0.466 e. The summed E-state index contributed by atoms with van der Waals surface area (Å²) in [6.45, 7) is 5.74. The van der Waals surface area contributed by atoms with Crippen LogP contribution < -0.4 is 14.9 Å². The highest BCUT2D eigenvalue weighted by Crippen LogP contribution is 2.31. The van der Waals surface area contributed by atoms with Gasteiger partial charge in [0.1, 0.15) is 0 Å². The van der Waals surface area contributed by atoms with Gasteiger partial charge in [0.05, 0.1) is 39.6 Å². The first-order valence-corrected chi connectivity index (χ1v) is 13.2. The number of allylic oxidation sites excluding steroid dienone is 1. The Morgan fingerprint density at radius 3 is 2.56 bits per heavy atom. The second kappa shape index (κ2) is 10.3. The zero-order valence-corrected chi connectivity index (χ0v) is 22.7. The van der Waals surface area contributed by atoms with Crippen molar-refractivity contribution in [1.82, 2.24) is 9.13 Å². The lowest BCUT2D eigenvalue weighted by Crippen LogP contribution is -2.40. The molecule has 0 bridgehead atoms. The molecule has 0 radical (unpaired) electrons. The minimum atomic E-state index is -0.663. The Balaban J connectivity index is 1.70. The summed E-state index contributed by atoms with van der Waals surface area (Å²) in [5, 5.41) is 11.3. The molecule has 1 aliphatic heterocycles.